The number of amides is 1. The highest BCUT2D eigenvalue weighted by Gasteiger charge is 2.36. The van der Waals surface area contributed by atoms with E-state index < -0.39 is 0 Å². The SMILES string of the molecule is O=C(CN1C[C@H]2CNC[C@H]2C1)NC1CCCC1. The number of likely N-dealkylation sites (tertiary alicyclic amines) is 1. The van der Waals surface area contributed by atoms with Crippen molar-refractivity contribution in [2.24, 2.45) is 11.8 Å². The Morgan fingerprint density at radius 2 is 1.82 bits per heavy atom. The minimum atomic E-state index is 0.241. The van der Waals surface area contributed by atoms with Gasteiger partial charge in [0.1, 0.15) is 0 Å². The van der Waals surface area contributed by atoms with Crippen LogP contribution in [0.3, 0.4) is 0 Å². The fourth-order valence-electron chi connectivity index (χ4n) is 3.63. The molecule has 0 bridgehead atoms. The van der Waals surface area contributed by atoms with Crippen LogP contribution in [0.2, 0.25) is 0 Å². The number of fused-ring (bicyclic) bond motifs is 1. The molecule has 1 aliphatic carbocycles. The van der Waals surface area contributed by atoms with Crippen LogP contribution in [-0.2, 0) is 4.79 Å². The van der Waals surface area contributed by atoms with E-state index in [0.29, 0.717) is 12.6 Å². The molecule has 1 saturated carbocycles. The maximum Gasteiger partial charge on any atom is 0.234 e. The van der Waals surface area contributed by atoms with Gasteiger partial charge < -0.3 is 10.6 Å². The summed E-state index contributed by atoms with van der Waals surface area (Å²) in [6, 6.07) is 0.464. The van der Waals surface area contributed by atoms with E-state index in [1.54, 1.807) is 0 Å². The van der Waals surface area contributed by atoms with Gasteiger partial charge >= 0.3 is 0 Å². The molecule has 0 radical (unpaired) electrons. The monoisotopic (exact) mass is 237 g/mol. The van der Waals surface area contributed by atoms with Crippen molar-refractivity contribution in [2.75, 3.05) is 32.7 Å². The second-order valence-electron chi connectivity index (χ2n) is 5.92. The van der Waals surface area contributed by atoms with Crippen molar-refractivity contribution >= 4 is 5.91 Å². The average Bonchev–Trinajstić information content (AvgIpc) is 2.92. The lowest BCUT2D eigenvalue weighted by molar-refractivity contribution is -0.122. The maximum absolute atomic E-state index is 11.9. The van der Waals surface area contributed by atoms with E-state index in [-0.39, 0.29) is 5.91 Å². The van der Waals surface area contributed by atoms with Crippen molar-refractivity contribution in [3.05, 3.63) is 0 Å². The van der Waals surface area contributed by atoms with Crippen molar-refractivity contribution in [1.29, 1.82) is 0 Å². The smallest absolute Gasteiger partial charge is 0.234 e. The van der Waals surface area contributed by atoms with Crippen molar-refractivity contribution in [1.82, 2.24) is 15.5 Å². The Hall–Kier alpha value is -0.610. The Labute approximate surface area is 103 Å². The van der Waals surface area contributed by atoms with Crippen LogP contribution in [-0.4, -0.2) is 49.6 Å². The quantitative estimate of drug-likeness (QED) is 0.737. The van der Waals surface area contributed by atoms with Gasteiger partial charge in [0.2, 0.25) is 5.91 Å². The van der Waals surface area contributed by atoms with Gasteiger partial charge in [0.15, 0.2) is 0 Å². The van der Waals surface area contributed by atoms with E-state index in [4.69, 9.17) is 0 Å². The number of rotatable bonds is 3. The molecule has 0 aromatic heterocycles. The number of hydrogen-bond acceptors (Lipinski definition) is 3. The van der Waals surface area contributed by atoms with Gasteiger partial charge in [-0.2, -0.15) is 0 Å². The van der Waals surface area contributed by atoms with E-state index in [1.165, 1.54) is 25.7 Å². The summed E-state index contributed by atoms with van der Waals surface area (Å²) in [4.78, 5) is 14.2. The molecule has 2 aliphatic heterocycles. The summed E-state index contributed by atoms with van der Waals surface area (Å²) in [5, 5.41) is 6.60. The van der Waals surface area contributed by atoms with Crippen LogP contribution in [0.4, 0.5) is 0 Å². The van der Waals surface area contributed by atoms with E-state index in [9.17, 15) is 4.79 Å². The molecule has 3 aliphatic rings. The zero-order chi connectivity index (χ0) is 11.7. The standard InChI is InChI=1S/C13H23N3O/c17-13(15-12-3-1-2-4-12)9-16-7-10-5-14-6-11(10)8-16/h10-12,14H,1-9H2,(H,15,17)/t10-,11+. The predicted molar refractivity (Wildman–Crippen MR) is 66.7 cm³/mol. The van der Waals surface area contributed by atoms with Crippen LogP contribution in [0.1, 0.15) is 25.7 Å². The Balaban J connectivity index is 1.42. The normalized spacial score (nSPS) is 34.1. The summed E-state index contributed by atoms with van der Waals surface area (Å²) >= 11 is 0. The predicted octanol–water partition coefficient (Wildman–Crippen LogP) is 0.196. The Kier molecular flexibility index (Phi) is 3.34. The van der Waals surface area contributed by atoms with Gasteiger partial charge in [-0.3, -0.25) is 9.69 Å². The van der Waals surface area contributed by atoms with Crippen LogP contribution in [0.25, 0.3) is 0 Å². The summed E-state index contributed by atoms with van der Waals surface area (Å²) < 4.78 is 0. The number of carbonyl (C=O) groups excluding carboxylic acids is 1. The first-order chi connectivity index (χ1) is 8.31. The third kappa shape index (κ3) is 2.63. The first-order valence-electron chi connectivity index (χ1n) is 7.03. The van der Waals surface area contributed by atoms with Gasteiger partial charge in [-0.05, 0) is 37.8 Å². The minimum absolute atomic E-state index is 0.241. The first-order valence-corrected chi connectivity index (χ1v) is 7.03. The second-order valence-corrected chi connectivity index (χ2v) is 5.92. The van der Waals surface area contributed by atoms with Gasteiger partial charge in [-0.15, -0.1) is 0 Å². The lowest BCUT2D eigenvalue weighted by Gasteiger charge is -2.18. The van der Waals surface area contributed by atoms with E-state index in [1.807, 2.05) is 0 Å². The molecule has 4 nitrogen and oxygen atoms in total. The molecule has 0 aromatic carbocycles. The zero-order valence-electron chi connectivity index (χ0n) is 10.5. The Bertz CT molecular complexity index is 276. The van der Waals surface area contributed by atoms with Crippen molar-refractivity contribution in [3.8, 4) is 0 Å². The largest absolute Gasteiger partial charge is 0.352 e. The van der Waals surface area contributed by atoms with E-state index >= 15 is 0 Å². The second kappa shape index (κ2) is 4.94. The van der Waals surface area contributed by atoms with Crippen molar-refractivity contribution in [3.63, 3.8) is 0 Å². The molecule has 2 heterocycles. The number of carbonyl (C=O) groups is 1. The van der Waals surface area contributed by atoms with Crippen LogP contribution < -0.4 is 10.6 Å². The van der Waals surface area contributed by atoms with Crippen LogP contribution in [0.15, 0.2) is 0 Å². The molecule has 0 aromatic rings. The molecule has 17 heavy (non-hydrogen) atoms. The number of nitrogens with one attached hydrogen (secondary N) is 2. The summed E-state index contributed by atoms with van der Waals surface area (Å²) in [7, 11) is 0. The van der Waals surface area contributed by atoms with Crippen molar-refractivity contribution in [2.45, 2.75) is 31.7 Å². The van der Waals surface area contributed by atoms with Crippen molar-refractivity contribution < 1.29 is 4.79 Å². The fourth-order valence-corrected chi connectivity index (χ4v) is 3.63. The summed E-state index contributed by atoms with van der Waals surface area (Å²) in [5.74, 6) is 1.81. The van der Waals surface area contributed by atoms with Crippen LogP contribution in [0, 0.1) is 11.8 Å². The van der Waals surface area contributed by atoms with Crippen LogP contribution >= 0.6 is 0 Å². The summed E-state index contributed by atoms with van der Waals surface area (Å²) in [5.41, 5.74) is 0. The van der Waals surface area contributed by atoms with Gasteiger partial charge in [-0.25, -0.2) is 0 Å². The lowest BCUT2D eigenvalue weighted by Crippen LogP contribution is -2.41. The minimum Gasteiger partial charge on any atom is -0.352 e. The molecule has 3 fully saturated rings. The van der Waals surface area contributed by atoms with E-state index in [0.717, 1.165) is 38.0 Å². The molecule has 0 unspecified atom stereocenters. The maximum atomic E-state index is 11.9. The van der Waals surface area contributed by atoms with Gasteiger partial charge in [0, 0.05) is 19.1 Å². The fraction of sp³-hybridized carbons (Fsp3) is 0.923. The highest BCUT2D eigenvalue weighted by atomic mass is 16.2. The topological polar surface area (TPSA) is 44.4 Å². The molecule has 4 heteroatoms. The lowest BCUT2D eigenvalue weighted by atomic mass is 10.0. The zero-order valence-corrected chi connectivity index (χ0v) is 10.5. The molecule has 1 amide bonds. The molecule has 2 N–H and O–H groups in total. The highest BCUT2D eigenvalue weighted by molar-refractivity contribution is 5.78. The highest BCUT2D eigenvalue weighted by Crippen LogP contribution is 2.25. The molecule has 0 spiro atoms. The molecule has 2 saturated heterocycles. The molecular formula is C13H23N3O. The third-order valence-corrected chi connectivity index (χ3v) is 4.55. The molecule has 2 atom stereocenters. The average molecular weight is 237 g/mol. The van der Waals surface area contributed by atoms with Gasteiger partial charge in [0.25, 0.3) is 0 Å². The Morgan fingerprint density at radius 1 is 1.18 bits per heavy atom. The molecule has 3 rings (SSSR count). The first kappa shape index (κ1) is 11.5. The third-order valence-electron chi connectivity index (χ3n) is 4.55. The summed E-state index contributed by atoms with van der Waals surface area (Å²) in [6.07, 6.45) is 4.93. The molecule has 96 valence electrons. The molecular weight excluding hydrogens is 214 g/mol. The van der Waals surface area contributed by atoms with Gasteiger partial charge in [0.05, 0.1) is 6.54 Å². The summed E-state index contributed by atoms with van der Waals surface area (Å²) in [6.45, 7) is 5.12. The van der Waals surface area contributed by atoms with Crippen LogP contribution in [0.5, 0.6) is 0 Å². The Morgan fingerprint density at radius 3 is 2.47 bits per heavy atom. The van der Waals surface area contributed by atoms with Gasteiger partial charge in [-0.1, -0.05) is 12.8 Å². The van der Waals surface area contributed by atoms with E-state index in [2.05, 4.69) is 15.5 Å². The number of hydrogen-bond donors (Lipinski definition) is 2. The number of nitrogens with zero attached hydrogens (tertiary/aromatic N) is 1.